The number of nitrogens with zero attached hydrogens (tertiary/aromatic N) is 4. The number of likely N-dealkylation sites (N-methyl/N-ethyl adjacent to an activating group) is 2. The minimum Gasteiger partial charge on any atom is -0.445 e. The Morgan fingerprint density at radius 3 is 1.91 bits per heavy atom. The molecule has 11 N–H and O–H groups in total. The molecule has 12 atom stereocenters. The van der Waals surface area contributed by atoms with Gasteiger partial charge in [-0.1, -0.05) is 124 Å². The van der Waals surface area contributed by atoms with Crippen molar-refractivity contribution in [1.82, 2.24) is 46.3 Å². The van der Waals surface area contributed by atoms with E-state index in [-0.39, 0.29) is 80.5 Å². The maximum Gasteiger partial charge on any atom is 0.410 e. The molecule has 1 aromatic heterocycles. The lowest BCUT2D eigenvalue weighted by Gasteiger charge is -2.41. The Labute approximate surface area is 588 Å². The number of hydrogen-bond acceptors (Lipinski definition) is 16. The number of nitrogens with two attached hydrogens (primary N) is 1. The normalized spacial score (nSPS) is 16.1. The molecule has 1 saturated heterocycles. The minimum atomic E-state index is -1.14. The number of nitrogens with one attached hydrogen (secondary N) is 8. The Balaban J connectivity index is 1.36. The van der Waals surface area contributed by atoms with Crippen molar-refractivity contribution in [2.45, 2.75) is 201 Å². The Bertz CT molecular complexity index is 3210. The third-order valence-corrected chi connectivity index (χ3v) is 18.0. The number of aromatic nitrogens is 1. The summed E-state index contributed by atoms with van der Waals surface area (Å²) in [4.78, 5) is 156. The number of likely N-dealkylation sites (tertiary alicyclic amines) is 1. The predicted molar refractivity (Wildman–Crippen MR) is 379 cm³/mol. The van der Waals surface area contributed by atoms with Crippen LogP contribution in [0, 0.1) is 29.6 Å². The van der Waals surface area contributed by atoms with Crippen molar-refractivity contribution in [3.8, 4) is 0 Å². The molecule has 1 aliphatic rings. The van der Waals surface area contributed by atoms with Crippen molar-refractivity contribution in [1.29, 1.82) is 0 Å². The third kappa shape index (κ3) is 25.6. The van der Waals surface area contributed by atoms with Gasteiger partial charge in [0.2, 0.25) is 53.2 Å². The second-order valence-electron chi connectivity index (χ2n) is 26.7. The number of aliphatic hydroxyl groups is 1. The summed E-state index contributed by atoms with van der Waals surface area (Å²) in [6.07, 6.45) is 0.648. The van der Waals surface area contributed by atoms with E-state index in [1.165, 1.54) is 26.2 Å². The van der Waals surface area contributed by atoms with Gasteiger partial charge < -0.3 is 77.4 Å². The number of carbonyl (C=O) groups excluding carboxylic acids is 11. The second kappa shape index (κ2) is 41.5. The number of primary amides is 1. The molecule has 0 saturated carbocycles. The highest BCUT2D eigenvalue weighted by Crippen LogP contribution is 2.31. The van der Waals surface area contributed by atoms with Crippen LogP contribution in [0.1, 0.15) is 151 Å². The van der Waals surface area contributed by atoms with Crippen LogP contribution in [0.4, 0.5) is 26.9 Å². The van der Waals surface area contributed by atoms with Crippen LogP contribution in [0.15, 0.2) is 85.5 Å². The van der Waals surface area contributed by atoms with Crippen LogP contribution in [-0.4, -0.2) is 186 Å². The van der Waals surface area contributed by atoms with E-state index >= 15 is 0 Å². The maximum absolute atomic E-state index is 14.8. The Morgan fingerprint density at radius 2 is 1.33 bits per heavy atom. The molecule has 3 aromatic rings. The zero-order valence-electron chi connectivity index (χ0n) is 60.6. The molecule has 0 spiro atoms. The fraction of sp³-hybridized carbons (Fsp3) is 0.583. The van der Waals surface area contributed by atoms with Gasteiger partial charge in [-0.15, -0.1) is 0 Å². The van der Waals surface area contributed by atoms with Crippen LogP contribution in [0.2, 0.25) is 0 Å². The fourth-order valence-corrected chi connectivity index (χ4v) is 12.2. The number of methoxy groups -OCH3 is 2. The SMILES string of the molecule is C=CC(=O)Nc1cccc(NC(=O)CCCCC(=O)N[C@H](C(=O)N[C@@H](CCCNC(N)=O)C(=O)Nc2ccc(COC(=O)N(C)[C@H](C(=O)N[C@H](C(=O)N(C)[C@@H]([C@@H](C)CC)[C@@H](CC(=O)N3CCC[C@H]3[C@H](OC)[C@@H](C)C(=O)N[C@H](C)[C@@H](O)c3ccccc3)OC)C(C)C)C(C)C)cc2)C(C)C)n1. The number of hydrogen-bond donors (Lipinski definition) is 10. The number of amides is 12. The highest BCUT2D eigenvalue weighted by atomic mass is 16.6. The van der Waals surface area contributed by atoms with Crippen LogP contribution in [0.25, 0.3) is 0 Å². The molecule has 100 heavy (non-hydrogen) atoms. The van der Waals surface area contributed by atoms with E-state index in [4.69, 9.17) is 19.9 Å². The monoisotopic (exact) mass is 1400 g/mol. The molecule has 12 amide bonds. The van der Waals surface area contributed by atoms with Crippen molar-refractivity contribution < 1.29 is 72.1 Å². The number of anilines is 3. The first kappa shape index (κ1) is 83.4. The highest BCUT2D eigenvalue weighted by Gasteiger charge is 2.44. The van der Waals surface area contributed by atoms with E-state index < -0.39 is 132 Å². The van der Waals surface area contributed by atoms with E-state index in [1.54, 1.807) is 127 Å². The first-order valence-electron chi connectivity index (χ1n) is 34.5. The van der Waals surface area contributed by atoms with Crippen LogP contribution >= 0.6 is 0 Å². The number of benzene rings is 2. The summed E-state index contributed by atoms with van der Waals surface area (Å²) in [5.74, 6) is -5.82. The lowest BCUT2D eigenvalue weighted by molar-refractivity contribution is -0.148. The van der Waals surface area contributed by atoms with Crippen LogP contribution in [-0.2, 0) is 64.0 Å². The number of unbranched alkanes of at least 4 members (excludes halogenated alkanes) is 1. The first-order valence-corrected chi connectivity index (χ1v) is 34.5. The van der Waals surface area contributed by atoms with Gasteiger partial charge in [-0.05, 0) is 111 Å². The number of ether oxygens (including phenoxy) is 3. The van der Waals surface area contributed by atoms with Crippen LogP contribution < -0.4 is 48.3 Å². The predicted octanol–water partition coefficient (Wildman–Crippen LogP) is 6.31. The molecule has 1 fully saturated rings. The minimum absolute atomic E-state index is 0.00294. The van der Waals surface area contributed by atoms with E-state index in [2.05, 4.69) is 54.1 Å². The van der Waals surface area contributed by atoms with Crippen molar-refractivity contribution in [3.63, 3.8) is 0 Å². The van der Waals surface area contributed by atoms with Gasteiger partial charge in [-0.25, -0.2) is 14.6 Å². The van der Waals surface area contributed by atoms with E-state index in [0.29, 0.717) is 55.5 Å². The number of carbonyl (C=O) groups is 11. The Morgan fingerprint density at radius 1 is 0.700 bits per heavy atom. The number of pyridine rings is 1. The third-order valence-electron chi connectivity index (χ3n) is 18.0. The van der Waals surface area contributed by atoms with Crippen molar-refractivity contribution in [2.24, 2.45) is 35.3 Å². The summed E-state index contributed by atoms with van der Waals surface area (Å²) in [6.45, 7) is 21.7. The number of rotatable bonds is 40. The zero-order valence-corrected chi connectivity index (χ0v) is 60.6. The molecule has 2 heterocycles. The van der Waals surface area contributed by atoms with Crippen molar-refractivity contribution >= 4 is 82.6 Å². The molecular weight excluding hydrogens is 1290 g/mol. The maximum atomic E-state index is 14.8. The summed E-state index contributed by atoms with van der Waals surface area (Å²) < 4.78 is 17.8. The van der Waals surface area contributed by atoms with Gasteiger partial charge in [-0.2, -0.15) is 0 Å². The quantitative estimate of drug-likeness (QED) is 0.0220. The summed E-state index contributed by atoms with van der Waals surface area (Å²) in [5.41, 5.74) is 6.76. The second-order valence-corrected chi connectivity index (χ2v) is 26.7. The molecule has 0 aliphatic carbocycles. The molecule has 552 valence electrons. The van der Waals surface area contributed by atoms with Gasteiger partial charge in [-0.3, -0.25) is 48.1 Å². The molecule has 0 bridgehead atoms. The molecule has 0 unspecified atom stereocenters. The lowest BCUT2D eigenvalue weighted by Crippen LogP contribution is -2.60. The molecule has 1 aliphatic heterocycles. The van der Waals surface area contributed by atoms with Crippen LogP contribution in [0.5, 0.6) is 0 Å². The molecule has 4 rings (SSSR count). The average molecular weight is 1400 g/mol. The number of aliphatic hydroxyl groups excluding tert-OH is 1. The van der Waals surface area contributed by atoms with Gasteiger partial charge in [0.05, 0.1) is 48.8 Å². The largest absolute Gasteiger partial charge is 0.445 e. The fourth-order valence-electron chi connectivity index (χ4n) is 12.2. The summed E-state index contributed by atoms with van der Waals surface area (Å²) in [7, 11) is 6.07. The van der Waals surface area contributed by atoms with Crippen LogP contribution in [0.3, 0.4) is 0 Å². The number of urea groups is 1. The smallest absolute Gasteiger partial charge is 0.410 e. The topological polar surface area (TPSA) is 381 Å². The summed E-state index contributed by atoms with van der Waals surface area (Å²) in [6, 6.07) is 13.3. The van der Waals surface area contributed by atoms with E-state index in [1.807, 2.05) is 32.0 Å². The zero-order chi connectivity index (χ0) is 74.5. The first-order chi connectivity index (χ1) is 47.4. The molecule has 28 nitrogen and oxygen atoms in total. The molecule has 2 aromatic carbocycles. The van der Waals surface area contributed by atoms with Gasteiger partial charge in [0, 0.05) is 59.9 Å². The van der Waals surface area contributed by atoms with Crippen molar-refractivity contribution in [2.75, 3.05) is 57.4 Å². The van der Waals surface area contributed by atoms with E-state index in [9.17, 15) is 57.8 Å². The van der Waals surface area contributed by atoms with Gasteiger partial charge in [0.25, 0.3) is 0 Å². The average Bonchev–Trinajstić information content (AvgIpc) is 1.41. The summed E-state index contributed by atoms with van der Waals surface area (Å²) >= 11 is 0. The Kier molecular flexibility index (Phi) is 34.6. The molecule has 0 radical (unpaired) electrons. The van der Waals surface area contributed by atoms with Crippen molar-refractivity contribution in [3.05, 3.63) is 96.6 Å². The van der Waals surface area contributed by atoms with E-state index in [0.717, 1.165) is 6.08 Å². The standard InChI is InChI=1S/C72H109N13O15/c1-16-45(9)63(53(98-14)40-59(89)85-39-25-29-52(85)65(99-15)46(10)66(91)75-47(11)64(90)49-26-19-18-20-27-49)83(12)70(95)61(43(5)6)82-69(94)62(44(7)8)84(13)72(97)100-41-48-34-36-50(37-35-48)76-67(92)51(28-24-38-74-71(73)96)77-68(93)60(42(3)4)81-58(88)33-22-21-32-57(87)80-55-31-23-30-54(78-55)79-56(86)17-2/h17-20,23,26-27,30-31,34-37,42-47,51-53,60-65,90H,2,16,21-22,24-25,28-29,32-33,38-41H2,1,3-15H3,(H,75,91)(H,76,92)(H,77,93)(H,81,88)(H,82,94)(H3,73,74,96)(H2,78,79,80,86,87)/t45-,46+,47+,51-,52-,53+,60-,61-,62-,63-,64+,65+/m0/s1. The molecule has 28 heteroatoms. The van der Waals surface area contributed by atoms with Gasteiger partial charge in [0.1, 0.15) is 42.4 Å². The molecular formula is C72H109N13O15. The summed E-state index contributed by atoms with van der Waals surface area (Å²) in [5, 5.41) is 32.8. The highest BCUT2D eigenvalue weighted by molar-refractivity contribution is 5.99. The van der Waals surface area contributed by atoms with Gasteiger partial charge >= 0.3 is 12.1 Å². The van der Waals surface area contributed by atoms with Gasteiger partial charge in [0.15, 0.2) is 0 Å². The lowest BCUT2D eigenvalue weighted by atomic mass is 9.89. The Hall–Kier alpha value is -9.02.